The highest BCUT2D eigenvalue weighted by molar-refractivity contribution is 5.97. The Kier molecular flexibility index (Phi) is 4.96. The van der Waals surface area contributed by atoms with Gasteiger partial charge in [-0.3, -0.25) is 9.59 Å². The molecule has 1 fully saturated rings. The molecule has 0 radical (unpaired) electrons. The van der Waals surface area contributed by atoms with E-state index in [1.54, 1.807) is 24.0 Å². The van der Waals surface area contributed by atoms with Crippen molar-refractivity contribution in [2.45, 2.75) is 38.8 Å². The van der Waals surface area contributed by atoms with Gasteiger partial charge in [0.05, 0.1) is 6.10 Å². The predicted octanol–water partition coefficient (Wildman–Crippen LogP) is 1.10. The number of β-amino-alcohol motifs (C(OH)–C–C–N with tert-alkyl or cyclic N) is 1. The Morgan fingerprint density at radius 2 is 2.19 bits per heavy atom. The summed E-state index contributed by atoms with van der Waals surface area (Å²) in [5.74, 6) is -0.396. The summed E-state index contributed by atoms with van der Waals surface area (Å²) in [6, 6.07) is 6.66. The van der Waals surface area contributed by atoms with E-state index in [9.17, 15) is 14.7 Å². The third-order valence-corrected chi connectivity index (χ3v) is 3.71. The zero-order valence-corrected chi connectivity index (χ0v) is 12.5. The van der Waals surface area contributed by atoms with Crippen LogP contribution in [0.3, 0.4) is 0 Å². The van der Waals surface area contributed by atoms with E-state index in [2.05, 4.69) is 5.32 Å². The van der Waals surface area contributed by atoms with Crippen molar-refractivity contribution in [3.05, 3.63) is 35.4 Å². The molecule has 21 heavy (non-hydrogen) atoms. The maximum Gasteiger partial charge on any atom is 0.251 e. The molecule has 0 bridgehead atoms. The van der Waals surface area contributed by atoms with Crippen molar-refractivity contribution in [2.75, 3.05) is 13.1 Å². The van der Waals surface area contributed by atoms with Crippen molar-refractivity contribution in [2.24, 2.45) is 0 Å². The monoisotopic (exact) mass is 290 g/mol. The molecule has 5 heteroatoms. The van der Waals surface area contributed by atoms with Gasteiger partial charge in [0.25, 0.3) is 5.91 Å². The minimum absolute atomic E-state index is 0.144. The van der Waals surface area contributed by atoms with Crippen molar-refractivity contribution in [1.29, 1.82) is 0 Å². The average Bonchev–Trinajstić information content (AvgIpc) is 2.46. The topological polar surface area (TPSA) is 69.6 Å². The lowest BCUT2D eigenvalue weighted by molar-refractivity contribution is -0.135. The Hall–Kier alpha value is -1.88. The van der Waals surface area contributed by atoms with Gasteiger partial charge >= 0.3 is 0 Å². The van der Waals surface area contributed by atoms with Gasteiger partial charge in [0.1, 0.15) is 6.04 Å². The fraction of sp³-hybridized carbons (Fsp3) is 0.500. The van der Waals surface area contributed by atoms with Gasteiger partial charge in [0, 0.05) is 18.7 Å². The number of benzene rings is 1. The maximum absolute atomic E-state index is 12.3. The first-order chi connectivity index (χ1) is 9.97. The van der Waals surface area contributed by atoms with Gasteiger partial charge in [-0.25, -0.2) is 0 Å². The van der Waals surface area contributed by atoms with E-state index in [1.165, 1.54) is 0 Å². The summed E-state index contributed by atoms with van der Waals surface area (Å²) in [7, 11) is 0. The van der Waals surface area contributed by atoms with Crippen molar-refractivity contribution in [1.82, 2.24) is 10.2 Å². The molecule has 114 valence electrons. The molecule has 2 rings (SSSR count). The van der Waals surface area contributed by atoms with E-state index >= 15 is 0 Å². The van der Waals surface area contributed by atoms with Crippen molar-refractivity contribution >= 4 is 11.8 Å². The molecule has 1 aromatic carbocycles. The summed E-state index contributed by atoms with van der Waals surface area (Å²) in [5.41, 5.74) is 1.55. The van der Waals surface area contributed by atoms with Gasteiger partial charge in [0.15, 0.2) is 0 Å². The highest BCUT2D eigenvalue weighted by Crippen LogP contribution is 2.11. The number of nitrogens with one attached hydrogen (secondary N) is 1. The fourth-order valence-corrected chi connectivity index (χ4v) is 2.56. The van der Waals surface area contributed by atoms with Gasteiger partial charge in [-0.1, -0.05) is 17.7 Å². The molecule has 0 aromatic heterocycles. The van der Waals surface area contributed by atoms with Crippen LogP contribution in [-0.4, -0.2) is 47.1 Å². The summed E-state index contributed by atoms with van der Waals surface area (Å²) in [6.07, 6.45) is 1.07. The highest BCUT2D eigenvalue weighted by atomic mass is 16.3. The molecular weight excluding hydrogens is 268 g/mol. The number of aryl methyl sites for hydroxylation is 1. The van der Waals surface area contributed by atoms with Crippen molar-refractivity contribution < 1.29 is 14.7 Å². The third-order valence-electron chi connectivity index (χ3n) is 3.71. The Morgan fingerprint density at radius 1 is 1.43 bits per heavy atom. The first kappa shape index (κ1) is 15.5. The largest absolute Gasteiger partial charge is 0.391 e. The zero-order chi connectivity index (χ0) is 15.4. The minimum atomic E-state index is -0.594. The molecule has 2 atom stereocenters. The van der Waals surface area contributed by atoms with E-state index < -0.39 is 12.1 Å². The lowest BCUT2D eigenvalue weighted by Gasteiger charge is -2.32. The predicted molar refractivity (Wildman–Crippen MR) is 79.9 cm³/mol. The smallest absolute Gasteiger partial charge is 0.251 e. The molecule has 0 saturated carbocycles. The SMILES string of the molecule is Cc1cccc(C(=O)NC(C)C(=O)N2CCCC(O)C2)c1. The van der Waals surface area contributed by atoms with Crippen LogP contribution in [0.15, 0.2) is 24.3 Å². The van der Waals surface area contributed by atoms with Crippen LogP contribution < -0.4 is 5.32 Å². The molecule has 0 aliphatic carbocycles. The first-order valence-electron chi connectivity index (χ1n) is 7.32. The van der Waals surface area contributed by atoms with Crippen LogP contribution in [0.5, 0.6) is 0 Å². The first-order valence-corrected chi connectivity index (χ1v) is 7.32. The number of piperidine rings is 1. The van der Waals surface area contributed by atoms with Gasteiger partial charge in [-0.15, -0.1) is 0 Å². The Labute approximate surface area is 125 Å². The second-order valence-corrected chi connectivity index (χ2v) is 5.64. The van der Waals surface area contributed by atoms with Crippen LogP contribution in [0.2, 0.25) is 0 Å². The summed E-state index contributed by atoms with van der Waals surface area (Å²) in [6.45, 7) is 4.58. The maximum atomic E-state index is 12.3. The van der Waals surface area contributed by atoms with Crippen LogP contribution in [0.1, 0.15) is 35.7 Å². The normalized spacial score (nSPS) is 20.0. The van der Waals surface area contributed by atoms with Gasteiger partial charge in [-0.05, 0) is 38.8 Å². The summed E-state index contributed by atoms with van der Waals surface area (Å²) in [4.78, 5) is 26.0. The molecule has 2 unspecified atom stereocenters. The standard InChI is InChI=1S/C16H22N2O3/c1-11-5-3-6-13(9-11)15(20)17-12(2)16(21)18-8-4-7-14(19)10-18/h3,5-6,9,12,14,19H,4,7-8,10H2,1-2H3,(H,17,20). The van der Waals surface area contributed by atoms with E-state index in [-0.39, 0.29) is 11.8 Å². The van der Waals surface area contributed by atoms with Crippen LogP contribution in [0, 0.1) is 6.92 Å². The minimum Gasteiger partial charge on any atom is -0.391 e. The molecule has 5 nitrogen and oxygen atoms in total. The van der Waals surface area contributed by atoms with Crippen LogP contribution in [0.4, 0.5) is 0 Å². The number of carbonyl (C=O) groups is 2. The molecule has 1 saturated heterocycles. The molecule has 1 aliphatic rings. The molecule has 1 aliphatic heterocycles. The Balaban J connectivity index is 1.95. The number of nitrogens with zero attached hydrogens (tertiary/aromatic N) is 1. The highest BCUT2D eigenvalue weighted by Gasteiger charge is 2.26. The van der Waals surface area contributed by atoms with Crippen LogP contribution in [0.25, 0.3) is 0 Å². The summed E-state index contributed by atoms with van der Waals surface area (Å²) >= 11 is 0. The van der Waals surface area contributed by atoms with E-state index in [0.29, 0.717) is 18.7 Å². The lowest BCUT2D eigenvalue weighted by atomic mass is 10.1. The number of carbonyl (C=O) groups excluding carboxylic acids is 2. The number of aliphatic hydroxyl groups is 1. The zero-order valence-electron chi connectivity index (χ0n) is 12.5. The van der Waals surface area contributed by atoms with Gasteiger partial charge < -0.3 is 15.3 Å². The molecular formula is C16H22N2O3. The summed E-state index contributed by atoms with van der Waals surface area (Å²) in [5, 5.41) is 12.3. The Morgan fingerprint density at radius 3 is 2.86 bits per heavy atom. The second-order valence-electron chi connectivity index (χ2n) is 5.64. The number of aliphatic hydroxyl groups excluding tert-OH is 1. The van der Waals surface area contributed by atoms with Crippen molar-refractivity contribution in [3.63, 3.8) is 0 Å². The van der Waals surface area contributed by atoms with Crippen molar-refractivity contribution in [3.8, 4) is 0 Å². The molecule has 2 N–H and O–H groups in total. The van der Waals surface area contributed by atoms with Gasteiger partial charge in [0.2, 0.25) is 5.91 Å². The Bertz CT molecular complexity index is 530. The number of hydrogen-bond donors (Lipinski definition) is 2. The second kappa shape index (κ2) is 6.72. The summed E-state index contributed by atoms with van der Waals surface area (Å²) < 4.78 is 0. The average molecular weight is 290 g/mol. The molecule has 1 heterocycles. The number of amides is 2. The molecule has 1 aromatic rings. The fourth-order valence-electron chi connectivity index (χ4n) is 2.56. The number of hydrogen-bond acceptors (Lipinski definition) is 3. The van der Waals surface area contributed by atoms with E-state index in [1.807, 2.05) is 19.1 Å². The third kappa shape index (κ3) is 4.04. The van der Waals surface area contributed by atoms with Crippen LogP contribution >= 0.6 is 0 Å². The molecule has 2 amide bonds. The van der Waals surface area contributed by atoms with Crippen LogP contribution in [-0.2, 0) is 4.79 Å². The number of rotatable bonds is 3. The van der Waals surface area contributed by atoms with E-state index in [4.69, 9.17) is 0 Å². The van der Waals surface area contributed by atoms with Gasteiger partial charge in [-0.2, -0.15) is 0 Å². The van der Waals surface area contributed by atoms with E-state index in [0.717, 1.165) is 18.4 Å². The quantitative estimate of drug-likeness (QED) is 0.875. The lowest BCUT2D eigenvalue weighted by Crippen LogP contribution is -2.51. The number of likely N-dealkylation sites (tertiary alicyclic amines) is 1. The molecule has 0 spiro atoms.